The van der Waals surface area contributed by atoms with Gasteiger partial charge in [-0.2, -0.15) is 0 Å². The minimum Gasteiger partial charge on any atom is -0.456 e. The molecule has 0 aliphatic rings. The summed E-state index contributed by atoms with van der Waals surface area (Å²) in [6.45, 7) is 4.49. The fourth-order valence-electron chi connectivity index (χ4n) is 1.69. The molecular weight excluding hydrogens is 358 g/mol. The maximum Gasteiger partial charge on any atom is 0.307 e. The van der Waals surface area contributed by atoms with Crippen LogP contribution in [0.5, 0.6) is 0 Å². The molecular formula is C15H20F2N2O5S. The van der Waals surface area contributed by atoms with Crippen LogP contribution in [0.1, 0.15) is 27.2 Å². The largest absolute Gasteiger partial charge is 0.456 e. The Hall–Kier alpha value is -2.07. The summed E-state index contributed by atoms with van der Waals surface area (Å²) in [5.41, 5.74) is -0.469. The average molecular weight is 378 g/mol. The standard InChI is InChI=1S/C15H20F2N2O5S/c1-15(2,3)19-13(20)9-24-14(21)6-7-18-25(22,23)10-4-5-11(16)12(17)8-10/h4-5,8,18H,6-7,9H2,1-3H3,(H,19,20). The zero-order valence-corrected chi connectivity index (χ0v) is 14.9. The van der Waals surface area contributed by atoms with Crippen LogP contribution in [-0.4, -0.2) is 39.0 Å². The van der Waals surface area contributed by atoms with Crippen molar-refractivity contribution in [2.75, 3.05) is 13.2 Å². The minimum atomic E-state index is -4.09. The summed E-state index contributed by atoms with van der Waals surface area (Å²) in [7, 11) is -4.09. The highest BCUT2D eigenvalue weighted by Gasteiger charge is 2.18. The van der Waals surface area contributed by atoms with E-state index in [0.717, 1.165) is 6.07 Å². The van der Waals surface area contributed by atoms with Crippen molar-refractivity contribution in [3.05, 3.63) is 29.8 Å². The van der Waals surface area contributed by atoms with Crippen molar-refractivity contribution in [2.45, 2.75) is 37.6 Å². The Labute approximate surface area is 144 Å². The highest BCUT2D eigenvalue weighted by atomic mass is 32.2. The number of esters is 1. The predicted octanol–water partition coefficient (Wildman–Crippen LogP) is 1.09. The molecule has 1 amide bonds. The van der Waals surface area contributed by atoms with Gasteiger partial charge in [-0.3, -0.25) is 9.59 Å². The van der Waals surface area contributed by atoms with Crippen LogP contribution in [0.2, 0.25) is 0 Å². The van der Waals surface area contributed by atoms with Crippen molar-refractivity contribution in [3.8, 4) is 0 Å². The van der Waals surface area contributed by atoms with Gasteiger partial charge in [-0.15, -0.1) is 0 Å². The first-order valence-electron chi connectivity index (χ1n) is 7.32. The van der Waals surface area contributed by atoms with E-state index in [1.165, 1.54) is 0 Å². The number of hydrogen-bond donors (Lipinski definition) is 2. The number of sulfonamides is 1. The third kappa shape index (κ3) is 7.57. The molecule has 140 valence electrons. The Morgan fingerprint density at radius 2 is 1.80 bits per heavy atom. The molecule has 10 heteroatoms. The van der Waals surface area contributed by atoms with E-state index in [1.54, 1.807) is 20.8 Å². The fourth-order valence-corrected chi connectivity index (χ4v) is 2.73. The number of amides is 1. The molecule has 0 radical (unpaired) electrons. The van der Waals surface area contributed by atoms with Gasteiger partial charge in [-0.05, 0) is 39.0 Å². The molecule has 0 saturated carbocycles. The highest BCUT2D eigenvalue weighted by molar-refractivity contribution is 7.89. The van der Waals surface area contributed by atoms with Crippen molar-refractivity contribution < 1.29 is 31.5 Å². The second kappa shape index (κ2) is 8.34. The lowest BCUT2D eigenvalue weighted by atomic mass is 10.1. The number of benzene rings is 1. The molecule has 0 unspecified atom stereocenters. The molecule has 0 saturated heterocycles. The average Bonchev–Trinajstić information content (AvgIpc) is 2.46. The van der Waals surface area contributed by atoms with Gasteiger partial charge in [0.15, 0.2) is 18.2 Å². The van der Waals surface area contributed by atoms with E-state index >= 15 is 0 Å². The number of nitrogens with one attached hydrogen (secondary N) is 2. The SMILES string of the molecule is CC(C)(C)NC(=O)COC(=O)CCNS(=O)(=O)c1ccc(F)c(F)c1. The number of rotatable bonds is 7. The number of carbonyl (C=O) groups is 2. The minimum absolute atomic E-state index is 0.318. The van der Waals surface area contributed by atoms with Gasteiger partial charge >= 0.3 is 5.97 Å². The topological polar surface area (TPSA) is 102 Å². The molecule has 0 bridgehead atoms. The molecule has 0 heterocycles. The number of hydrogen-bond acceptors (Lipinski definition) is 5. The Bertz CT molecular complexity index is 745. The lowest BCUT2D eigenvalue weighted by Gasteiger charge is -2.20. The van der Waals surface area contributed by atoms with Crippen molar-refractivity contribution >= 4 is 21.9 Å². The molecule has 0 aliphatic carbocycles. The van der Waals surface area contributed by atoms with Crippen LogP contribution in [0.3, 0.4) is 0 Å². The third-order valence-electron chi connectivity index (χ3n) is 2.70. The van der Waals surface area contributed by atoms with Crippen molar-refractivity contribution in [1.29, 1.82) is 0 Å². The quantitative estimate of drug-likeness (QED) is 0.692. The summed E-state index contributed by atoms with van der Waals surface area (Å²) in [6.07, 6.45) is -0.328. The molecule has 0 aromatic heterocycles. The Balaban J connectivity index is 2.44. The summed E-state index contributed by atoms with van der Waals surface area (Å²) in [4.78, 5) is 22.5. The molecule has 25 heavy (non-hydrogen) atoms. The third-order valence-corrected chi connectivity index (χ3v) is 4.16. The number of carbonyl (C=O) groups excluding carboxylic acids is 2. The van der Waals surface area contributed by atoms with Gasteiger partial charge in [0.25, 0.3) is 5.91 Å². The molecule has 2 N–H and O–H groups in total. The summed E-state index contributed by atoms with van der Waals surface area (Å²) in [5, 5.41) is 2.59. The molecule has 1 aromatic carbocycles. The Kier molecular flexibility index (Phi) is 7.00. The zero-order chi connectivity index (χ0) is 19.3. The lowest BCUT2D eigenvalue weighted by molar-refractivity contribution is -0.148. The van der Waals surface area contributed by atoms with Gasteiger partial charge < -0.3 is 10.1 Å². The Morgan fingerprint density at radius 1 is 1.16 bits per heavy atom. The van der Waals surface area contributed by atoms with Crippen LogP contribution < -0.4 is 10.0 Å². The van der Waals surface area contributed by atoms with Crippen molar-refractivity contribution in [3.63, 3.8) is 0 Å². The van der Waals surface area contributed by atoms with Gasteiger partial charge in [-0.1, -0.05) is 0 Å². The van der Waals surface area contributed by atoms with Crippen LogP contribution in [0, 0.1) is 11.6 Å². The smallest absolute Gasteiger partial charge is 0.307 e. The maximum absolute atomic E-state index is 13.1. The van der Waals surface area contributed by atoms with Crippen LogP contribution >= 0.6 is 0 Å². The van der Waals surface area contributed by atoms with E-state index in [-0.39, 0.29) is 13.0 Å². The summed E-state index contributed by atoms with van der Waals surface area (Å²) in [5.74, 6) is -3.73. The van der Waals surface area contributed by atoms with Gasteiger partial charge in [0.05, 0.1) is 11.3 Å². The van der Waals surface area contributed by atoms with E-state index < -0.39 is 50.6 Å². The lowest BCUT2D eigenvalue weighted by Crippen LogP contribution is -2.42. The first-order valence-corrected chi connectivity index (χ1v) is 8.80. The van der Waals surface area contributed by atoms with Crippen LogP contribution in [0.25, 0.3) is 0 Å². The first kappa shape index (κ1) is 21.0. The maximum atomic E-state index is 13.1. The second-order valence-electron chi connectivity index (χ2n) is 6.18. The molecule has 0 aliphatic heterocycles. The zero-order valence-electron chi connectivity index (χ0n) is 14.1. The number of halogens is 2. The van der Waals surface area contributed by atoms with E-state index in [2.05, 4.69) is 10.0 Å². The fraction of sp³-hybridized carbons (Fsp3) is 0.467. The first-order chi connectivity index (χ1) is 11.4. The van der Waals surface area contributed by atoms with Crippen LogP contribution in [-0.2, 0) is 24.3 Å². The molecule has 0 fully saturated rings. The highest BCUT2D eigenvalue weighted by Crippen LogP contribution is 2.13. The van der Waals surface area contributed by atoms with Crippen molar-refractivity contribution in [1.82, 2.24) is 10.0 Å². The summed E-state index contributed by atoms with van der Waals surface area (Å²) in [6, 6.07) is 2.12. The van der Waals surface area contributed by atoms with Crippen LogP contribution in [0.15, 0.2) is 23.1 Å². The summed E-state index contributed by atoms with van der Waals surface area (Å²) >= 11 is 0. The number of ether oxygens (including phenoxy) is 1. The van der Waals surface area contributed by atoms with Gasteiger partial charge in [0.2, 0.25) is 10.0 Å². The Morgan fingerprint density at radius 3 is 2.36 bits per heavy atom. The molecule has 7 nitrogen and oxygen atoms in total. The van der Waals surface area contributed by atoms with Gasteiger partial charge in [0, 0.05) is 12.1 Å². The van der Waals surface area contributed by atoms with E-state index in [9.17, 15) is 26.8 Å². The molecule has 0 atom stereocenters. The summed E-state index contributed by atoms with van der Waals surface area (Å²) < 4.78 is 56.4. The molecule has 1 aromatic rings. The van der Waals surface area contributed by atoms with Crippen LogP contribution in [0.4, 0.5) is 8.78 Å². The van der Waals surface area contributed by atoms with Gasteiger partial charge in [-0.25, -0.2) is 21.9 Å². The predicted molar refractivity (Wildman–Crippen MR) is 85.0 cm³/mol. The molecule has 1 rings (SSSR count). The van der Waals surface area contributed by atoms with E-state index in [0.29, 0.717) is 12.1 Å². The van der Waals surface area contributed by atoms with E-state index in [4.69, 9.17) is 4.74 Å². The monoisotopic (exact) mass is 378 g/mol. The normalized spacial score (nSPS) is 11.9. The second-order valence-corrected chi connectivity index (χ2v) is 7.95. The van der Waals surface area contributed by atoms with Crippen molar-refractivity contribution in [2.24, 2.45) is 0 Å². The van der Waals surface area contributed by atoms with Gasteiger partial charge in [0.1, 0.15) is 0 Å². The van der Waals surface area contributed by atoms with E-state index in [1.807, 2.05) is 0 Å². The molecule has 0 spiro atoms.